The van der Waals surface area contributed by atoms with Gasteiger partial charge in [0.05, 0.1) is 43.2 Å². The van der Waals surface area contributed by atoms with Crippen molar-refractivity contribution in [2.75, 3.05) is 32.1 Å². The van der Waals surface area contributed by atoms with E-state index in [1.165, 1.54) is 25.7 Å². The molecule has 30 heavy (non-hydrogen) atoms. The molecule has 0 unspecified atom stereocenters. The molecule has 0 saturated carbocycles. The maximum absolute atomic E-state index is 14.7. The minimum atomic E-state index is -1.42. The zero-order valence-electron chi connectivity index (χ0n) is 16.1. The van der Waals surface area contributed by atoms with E-state index in [-0.39, 0.29) is 18.8 Å². The second-order valence-corrected chi connectivity index (χ2v) is 6.77. The van der Waals surface area contributed by atoms with E-state index in [9.17, 15) is 4.39 Å². The maximum atomic E-state index is 14.7. The molecule has 0 spiro atoms. The molecule has 0 aliphatic carbocycles. The molecule has 4 heterocycles. The molecule has 0 aromatic carbocycles. The van der Waals surface area contributed by atoms with Crippen LogP contribution in [0.3, 0.4) is 0 Å². The molecule has 11 heteroatoms. The Labute approximate surface area is 171 Å². The highest BCUT2D eigenvalue weighted by molar-refractivity contribution is 5.75. The average molecular weight is 410 g/mol. The second kappa shape index (κ2) is 8.30. The van der Waals surface area contributed by atoms with Crippen LogP contribution in [0.4, 0.5) is 16.0 Å². The lowest BCUT2D eigenvalue weighted by atomic mass is 10.1. The summed E-state index contributed by atoms with van der Waals surface area (Å²) in [5.41, 5.74) is -0.0380. The van der Waals surface area contributed by atoms with Crippen LogP contribution in [0.5, 0.6) is 11.5 Å². The van der Waals surface area contributed by atoms with Crippen LogP contribution < -0.4 is 20.1 Å². The Hall–Kier alpha value is -3.78. The molecule has 1 fully saturated rings. The molecule has 3 N–H and O–H groups in total. The molecular formula is C19H19FN8O2. The molecule has 0 amide bonds. The largest absolute Gasteiger partial charge is 0.494 e. The number of nitriles is 1. The Morgan fingerprint density at radius 1 is 1.23 bits per heavy atom. The smallest absolute Gasteiger partial charge is 0.158 e. The number of alkyl halides is 1. The fourth-order valence-corrected chi connectivity index (χ4v) is 3.09. The normalized spacial score (nSPS) is 18.0. The number of hydrogen-bond acceptors (Lipinski definition) is 9. The average Bonchev–Trinajstić information content (AvgIpc) is 3.42. The van der Waals surface area contributed by atoms with Gasteiger partial charge in [-0.2, -0.15) is 10.4 Å². The molecule has 1 atom stereocenters. The van der Waals surface area contributed by atoms with E-state index in [0.717, 1.165) is 0 Å². The van der Waals surface area contributed by atoms with Crippen LogP contribution in [0, 0.1) is 11.3 Å². The summed E-state index contributed by atoms with van der Waals surface area (Å²) in [6, 6.07) is 3.64. The molecular weight excluding hydrogens is 391 g/mol. The third-order valence-electron chi connectivity index (χ3n) is 4.64. The van der Waals surface area contributed by atoms with Gasteiger partial charge in [0.25, 0.3) is 0 Å². The third kappa shape index (κ3) is 4.13. The van der Waals surface area contributed by atoms with Crippen LogP contribution in [-0.4, -0.2) is 57.6 Å². The lowest BCUT2D eigenvalue weighted by molar-refractivity contribution is 0.103. The number of aromatic nitrogens is 5. The van der Waals surface area contributed by atoms with Crippen LogP contribution >= 0.6 is 0 Å². The molecule has 1 aliphatic rings. The fourth-order valence-electron chi connectivity index (χ4n) is 3.09. The highest BCUT2D eigenvalue weighted by Crippen LogP contribution is 2.38. The SMILES string of the molecule is COc1cncc(OC[C@]2(F)CCNC2)c1-c1cc(Nc2cnc(C#N)cn2)n[nH]1. The number of methoxy groups -OCH3 is 1. The Kier molecular flexibility index (Phi) is 5.40. The summed E-state index contributed by atoms with van der Waals surface area (Å²) in [6.07, 6.45) is 6.25. The van der Waals surface area contributed by atoms with Gasteiger partial charge in [-0.1, -0.05) is 0 Å². The Bertz CT molecular complexity index is 1060. The van der Waals surface area contributed by atoms with Crippen molar-refractivity contribution < 1.29 is 13.9 Å². The summed E-state index contributed by atoms with van der Waals surface area (Å²) in [4.78, 5) is 12.2. The van der Waals surface area contributed by atoms with Crippen molar-refractivity contribution in [2.45, 2.75) is 12.1 Å². The van der Waals surface area contributed by atoms with Crippen LogP contribution in [0.2, 0.25) is 0 Å². The number of hydrogen-bond donors (Lipinski definition) is 3. The molecule has 1 saturated heterocycles. The van der Waals surface area contributed by atoms with Crippen LogP contribution in [-0.2, 0) is 0 Å². The summed E-state index contributed by atoms with van der Waals surface area (Å²) in [5.74, 6) is 1.74. The monoisotopic (exact) mass is 410 g/mol. The van der Waals surface area contributed by atoms with E-state index in [2.05, 4.69) is 35.8 Å². The number of nitrogens with zero attached hydrogens (tertiary/aromatic N) is 5. The number of H-pyrrole nitrogens is 1. The Morgan fingerprint density at radius 3 is 2.80 bits per heavy atom. The first kappa shape index (κ1) is 19.5. The van der Waals surface area contributed by atoms with Gasteiger partial charge in [0.2, 0.25) is 0 Å². The van der Waals surface area contributed by atoms with Gasteiger partial charge in [-0.15, -0.1) is 0 Å². The molecule has 3 aromatic heterocycles. The number of anilines is 2. The molecule has 154 valence electrons. The number of nitrogens with one attached hydrogen (secondary N) is 3. The predicted molar refractivity (Wildman–Crippen MR) is 105 cm³/mol. The van der Waals surface area contributed by atoms with E-state index in [1.54, 1.807) is 12.3 Å². The van der Waals surface area contributed by atoms with Crippen molar-refractivity contribution in [3.05, 3.63) is 36.5 Å². The van der Waals surface area contributed by atoms with Crippen LogP contribution in [0.1, 0.15) is 12.1 Å². The quantitative estimate of drug-likeness (QED) is 0.534. The van der Waals surface area contributed by atoms with Gasteiger partial charge in [-0.25, -0.2) is 14.4 Å². The van der Waals surface area contributed by atoms with E-state index in [1.807, 2.05) is 6.07 Å². The lowest BCUT2D eigenvalue weighted by Crippen LogP contribution is -2.33. The van der Waals surface area contributed by atoms with Gasteiger partial charge < -0.3 is 20.1 Å². The number of ether oxygens (including phenoxy) is 2. The van der Waals surface area contributed by atoms with Gasteiger partial charge in [0.1, 0.15) is 24.2 Å². The summed E-state index contributed by atoms with van der Waals surface area (Å²) in [5, 5.41) is 21.9. The molecule has 3 aromatic rings. The molecule has 10 nitrogen and oxygen atoms in total. The van der Waals surface area contributed by atoms with Crippen molar-refractivity contribution in [3.8, 4) is 28.8 Å². The zero-order valence-corrected chi connectivity index (χ0v) is 16.1. The van der Waals surface area contributed by atoms with Gasteiger partial charge >= 0.3 is 0 Å². The molecule has 0 bridgehead atoms. The highest BCUT2D eigenvalue weighted by atomic mass is 19.1. The van der Waals surface area contributed by atoms with Crippen molar-refractivity contribution in [1.82, 2.24) is 30.5 Å². The Morgan fingerprint density at radius 2 is 2.10 bits per heavy atom. The molecule has 1 aliphatic heterocycles. The van der Waals surface area contributed by atoms with Gasteiger partial charge in [-0.3, -0.25) is 10.1 Å². The first-order valence-electron chi connectivity index (χ1n) is 9.19. The number of halogens is 1. The lowest BCUT2D eigenvalue weighted by Gasteiger charge is -2.20. The fraction of sp³-hybridized carbons (Fsp3) is 0.316. The number of rotatable bonds is 7. The molecule has 4 rings (SSSR count). The minimum Gasteiger partial charge on any atom is -0.494 e. The van der Waals surface area contributed by atoms with Crippen molar-refractivity contribution >= 4 is 11.6 Å². The predicted octanol–water partition coefficient (Wildman–Crippen LogP) is 1.97. The topological polar surface area (TPSA) is 134 Å². The van der Waals surface area contributed by atoms with E-state index in [4.69, 9.17) is 14.7 Å². The zero-order chi connectivity index (χ0) is 21.0. The van der Waals surface area contributed by atoms with E-state index in [0.29, 0.717) is 47.4 Å². The Balaban J connectivity index is 1.57. The van der Waals surface area contributed by atoms with Crippen molar-refractivity contribution in [3.63, 3.8) is 0 Å². The van der Waals surface area contributed by atoms with Crippen LogP contribution in [0.25, 0.3) is 11.3 Å². The van der Waals surface area contributed by atoms with Gasteiger partial charge in [-0.05, 0) is 13.0 Å². The summed E-state index contributed by atoms with van der Waals surface area (Å²) in [7, 11) is 1.52. The summed E-state index contributed by atoms with van der Waals surface area (Å²) >= 11 is 0. The first-order chi connectivity index (χ1) is 14.6. The standard InChI is InChI=1S/C19H19FN8O2/c1-29-14-7-23-8-15(30-11-19(20)2-3-22-10-19)18(14)13-4-16(28-27-13)26-17-9-24-12(5-21)6-25-17/h4,6-9,22H,2-3,10-11H2,1H3,(H2,25,26,27,28)/t19-/m0/s1. The van der Waals surface area contributed by atoms with Crippen molar-refractivity contribution in [1.29, 1.82) is 5.26 Å². The number of pyridine rings is 1. The third-order valence-corrected chi connectivity index (χ3v) is 4.64. The van der Waals surface area contributed by atoms with Gasteiger partial charge in [0.15, 0.2) is 22.9 Å². The first-order valence-corrected chi connectivity index (χ1v) is 9.19. The highest BCUT2D eigenvalue weighted by Gasteiger charge is 2.35. The number of aromatic amines is 1. The molecule has 0 radical (unpaired) electrons. The van der Waals surface area contributed by atoms with E-state index >= 15 is 0 Å². The maximum Gasteiger partial charge on any atom is 0.158 e. The summed E-state index contributed by atoms with van der Waals surface area (Å²) < 4.78 is 25.9. The van der Waals surface area contributed by atoms with Crippen molar-refractivity contribution in [2.24, 2.45) is 0 Å². The van der Waals surface area contributed by atoms with Gasteiger partial charge in [0, 0.05) is 12.6 Å². The second-order valence-electron chi connectivity index (χ2n) is 6.77. The van der Waals surface area contributed by atoms with E-state index < -0.39 is 5.67 Å². The summed E-state index contributed by atoms with van der Waals surface area (Å²) in [6.45, 7) is 0.780. The minimum absolute atomic E-state index is 0.0953. The van der Waals surface area contributed by atoms with Crippen LogP contribution in [0.15, 0.2) is 30.9 Å².